The highest BCUT2D eigenvalue weighted by molar-refractivity contribution is 5.29. The second-order valence-electron chi connectivity index (χ2n) is 6.14. The van der Waals surface area contributed by atoms with E-state index in [0.29, 0.717) is 11.9 Å². The lowest BCUT2D eigenvalue weighted by atomic mass is 10.0. The van der Waals surface area contributed by atoms with E-state index in [4.69, 9.17) is 4.52 Å². The lowest BCUT2D eigenvalue weighted by Crippen LogP contribution is -2.63. The fourth-order valence-corrected chi connectivity index (χ4v) is 3.30. The van der Waals surface area contributed by atoms with Crippen LogP contribution in [-0.2, 0) is 0 Å². The van der Waals surface area contributed by atoms with Gasteiger partial charge >= 0.3 is 0 Å². The molecule has 1 unspecified atom stereocenters. The van der Waals surface area contributed by atoms with Crippen molar-refractivity contribution in [1.29, 1.82) is 0 Å². The third kappa shape index (κ3) is 2.91. The molecule has 0 saturated carbocycles. The molecule has 0 radical (unpaired) electrons. The Morgan fingerprint density at radius 3 is 2.48 bits per heavy atom. The van der Waals surface area contributed by atoms with Crippen molar-refractivity contribution < 1.29 is 4.52 Å². The molecule has 23 heavy (non-hydrogen) atoms. The van der Waals surface area contributed by atoms with Gasteiger partial charge in [0.05, 0.1) is 6.04 Å². The maximum absolute atomic E-state index is 5.16. The van der Waals surface area contributed by atoms with Gasteiger partial charge in [0.15, 0.2) is 6.33 Å². The topological polar surface area (TPSA) is 74.4 Å². The summed E-state index contributed by atoms with van der Waals surface area (Å²) >= 11 is 0. The van der Waals surface area contributed by atoms with Crippen molar-refractivity contribution in [2.24, 2.45) is 0 Å². The Kier molecular flexibility index (Phi) is 3.92. The lowest BCUT2D eigenvalue weighted by molar-refractivity contribution is -0.00197. The standard InChI is InChI=1S/C15H21N7O/c1-12(14-18-11-19-23-14)22-9-13(10-22)20-5-7-21(8-6-20)15-16-3-2-4-17-15/h2-4,11-13H,5-10H2,1H3. The van der Waals surface area contributed by atoms with E-state index < -0.39 is 0 Å². The Morgan fingerprint density at radius 1 is 1.09 bits per heavy atom. The van der Waals surface area contributed by atoms with Crippen molar-refractivity contribution in [3.63, 3.8) is 0 Å². The largest absolute Gasteiger partial charge is 0.338 e. The summed E-state index contributed by atoms with van der Waals surface area (Å²) in [5.74, 6) is 1.54. The van der Waals surface area contributed by atoms with Crippen LogP contribution in [0.5, 0.6) is 0 Å². The van der Waals surface area contributed by atoms with Crippen molar-refractivity contribution in [3.05, 3.63) is 30.7 Å². The quantitative estimate of drug-likeness (QED) is 0.804. The maximum atomic E-state index is 5.16. The Hall–Kier alpha value is -2.06. The summed E-state index contributed by atoms with van der Waals surface area (Å²) in [4.78, 5) is 20.0. The van der Waals surface area contributed by atoms with Crippen LogP contribution in [0.25, 0.3) is 0 Å². The number of piperazine rings is 1. The first kappa shape index (κ1) is 14.5. The zero-order valence-electron chi connectivity index (χ0n) is 13.2. The molecule has 2 aliphatic heterocycles. The van der Waals surface area contributed by atoms with E-state index in [1.807, 2.05) is 6.07 Å². The van der Waals surface area contributed by atoms with E-state index in [0.717, 1.165) is 45.2 Å². The van der Waals surface area contributed by atoms with Gasteiger partial charge in [0.1, 0.15) is 0 Å². The second-order valence-corrected chi connectivity index (χ2v) is 6.14. The zero-order chi connectivity index (χ0) is 15.6. The number of hydrogen-bond acceptors (Lipinski definition) is 8. The molecule has 2 aliphatic rings. The van der Waals surface area contributed by atoms with Crippen LogP contribution in [0.1, 0.15) is 18.9 Å². The molecule has 2 fully saturated rings. The first-order valence-corrected chi connectivity index (χ1v) is 8.08. The fourth-order valence-electron chi connectivity index (χ4n) is 3.30. The van der Waals surface area contributed by atoms with E-state index >= 15 is 0 Å². The van der Waals surface area contributed by atoms with Gasteiger partial charge in [0, 0.05) is 57.7 Å². The Morgan fingerprint density at radius 2 is 1.83 bits per heavy atom. The van der Waals surface area contributed by atoms with Crippen molar-refractivity contribution in [3.8, 4) is 0 Å². The van der Waals surface area contributed by atoms with Gasteiger partial charge in [-0.3, -0.25) is 9.80 Å². The number of likely N-dealkylation sites (tertiary alicyclic amines) is 1. The van der Waals surface area contributed by atoms with Crippen LogP contribution in [0.4, 0.5) is 5.95 Å². The van der Waals surface area contributed by atoms with Crippen molar-refractivity contribution in [2.45, 2.75) is 19.0 Å². The summed E-state index contributed by atoms with van der Waals surface area (Å²) in [7, 11) is 0. The first-order chi connectivity index (χ1) is 11.3. The molecule has 0 aromatic carbocycles. The van der Waals surface area contributed by atoms with Gasteiger partial charge in [-0.25, -0.2) is 9.97 Å². The SMILES string of the molecule is CC(c1ncno1)N1CC(N2CCN(c3ncccn3)CC2)C1. The molecule has 0 aliphatic carbocycles. The molecule has 122 valence electrons. The fraction of sp³-hybridized carbons (Fsp3) is 0.600. The predicted molar refractivity (Wildman–Crippen MR) is 83.9 cm³/mol. The summed E-state index contributed by atoms with van der Waals surface area (Å²) in [5, 5.41) is 3.69. The van der Waals surface area contributed by atoms with Crippen LogP contribution >= 0.6 is 0 Å². The third-order valence-corrected chi connectivity index (χ3v) is 4.84. The lowest BCUT2D eigenvalue weighted by Gasteiger charge is -2.49. The van der Waals surface area contributed by atoms with E-state index in [1.54, 1.807) is 12.4 Å². The highest BCUT2D eigenvalue weighted by Crippen LogP contribution is 2.27. The molecular formula is C15H21N7O. The molecule has 8 heteroatoms. The average Bonchev–Trinajstić information content (AvgIpc) is 3.09. The van der Waals surface area contributed by atoms with Crippen LogP contribution in [0.15, 0.2) is 29.3 Å². The van der Waals surface area contributed by atoms with Crippen molar-refractivity contribution in [1.82, 2.24) is 29.9 Å². The molecule has 0 N–H and O–H groups in total. The normalized spacial score (nSPS) is 22.0. The molecule has 2 aromatic rings. The minimum Gasteiger partial charge on any atom is -0.338 e. The molecule has 0 bridgehead atoms. The zero-order valence-corrected chi connectivity index (χ0v) is 13.2. The minimum absolute atomic E-state index is 0.202. The number of rotatable bonds is 4. The van der Waals surface area contributed by atoms with Crippen LogP contribution in [0.3, 0.4) is 0 Å². The summed E-state index contributed by atoms with van der Waals surface area (Å²) in [5.41, 5.74) is 0. The first-order valence-electron chi connectivity index (χ1n) is 8.08. The second kappa shape index (κ2) is 6.21. The van der Waals surface area contributed by atoms with Crippen molar-refractivity contribution in [2.75, 3.05) is 44.2 Å². The molecular weight excluding hydrogens is 294 g/mol. The molecule has 1 atom stereocenters. The number of aromatic nitrogens is 4. The van der Waals surface area contributed by atoms with Crippen LogP contribution in [-0.4, -0.2) is 75.2 Å². The Labute approximate surface area is 135 Å². The van der Waals surface area contributed by atoms with Crippen LogP contribution in [0.2, 0.25) is 0 Å². The number of hydrogen-bond donors (Lipinski definition) is 0. The van der Waals surface area contributed by atoms with Crippen LogP contribution < -0.4 is 4.90 Å². The predicted octanol–water partition coefficient (Wildman–Crippen LogP) is 0.427. The summed E-state index contributed by atoms with van der Waals surface area (Å²) in [6, 6.07) is 2.68. The van der Waals surface area contributed by atoms with E-state index in [2.05, 4.69) is 41.7 Å². The maximum Gasteiger partial charge on any atom is 0.243 e. The number of nitrogens with zero attached hydrogens (tertiary/aromatic N) is 7. The van der Waals surface area contributed by atoms with Gasteiger partial charge < -0.3 is 9.42 Å². The van der Waals surface area contributed by atoms with Gasteiger partial charge in [-0.05, 0) is 13.0 Å². The Balaban J connectivity index is 1.26. The van der Waals surface area contributed by atoms with Gasteiger partial charge in [0.2, 0.25) is 11.8 Å². The summed E-state index contributed by atoms with van der Waals surface area (Å²) in [6.07, 6.45) is 5.07. The van der Waals surface area contributed by atoms with E-state index in [1.165, 1.54) is 6.33 Å². The van der Waals surface area contributed by atoms with Crippen molar-refractivity contribution >= 4 is 5.95 Å². The van der Waals surface area contributed by atoms with Gasteiger partial charge in [-0.2, -0.15) is 4.98 Å². The highest BCUT2D eigenvalue weighted by atomic mass is 16.5. The van der Waals surface area contributed by atoms with E-state index in [9.17, 15) is 0 Å². The summed E-state index contributed by atoms with van der Waals surface area (Å²) < 4.78 is 5.16. The molecule has 0 spiro atoms. The Bertz CT molecular complexity index is 606. The smallest absolute Gasteiger partial charge is 0.243 e. The molecule has 2 aromatic heterocycles. The molecule has 4 rings (SSSR count). The average molecular weight is 315 g/mol. The van der Waals surface area contributed by atoms with Gasteiger partial charge in [-0.15, -0.1) is 0 Å². The van der Waals surface area contributed by atoms with Gasteiger partial charge in [-0.1, -0.05) is 5.16 Å². The molecule has 4 heterocycles. The van der Waals surface area contributed by atoms with E-state index in [-0.39, 0.29) is 6.04 Å². The van der Waals surface area contributed by atoms with Crippen LogP contribution in [0, 0.1) is 0 Å². The van der Waals surface area contributed by atoms with Gasteiger partial charge in [0.25, 0.3) is 0 Å². The monoisotopic (exact) mass is 315 g/mol. The minimum atomic E-state index is 0.202. The molecule has 8 nitrogen and oxygen atoms in total. The highest BCUT2D eigenvalue weighted by Gasteiger charge is 2.37. The number of anilines is 1. The molecule has 2 saturated heterocycles. The third-order valence-electron chi connectivity index (χ3n) is 4.84. The summed E-state index contributed by atoms with van der Waals surface area (Å²) in [6.45, 7) is 8.34. The molecule has 0 amide bonds.